The van der Waals surface area contributed by atoms with Crippen molar-refractivity contribution in [2.45, 2.75) is 238 Å². The van der Waals surface area contributed by atoms with Crippen LogP contribution in [-0.4, -0.2) is 47.4 Å². The highest BCUT2D eigenvalue weighted by atomic mass is 16.5. The first-order valence-electron chi connectivity index (χ1n) is 22.1. The number of rotatable bonds is 40. The zero-order chi connectivity index (χ0) is 37.3. The molecule has 0 aliphatic rings. The van der Waals surface area contributed by atoms with E-state index < -0.39 is 12.1 Å². The van der Waals surface area contributed by atoms with E-state index in [0.29, 0.717) is 19.4 Å². The zero-order valence-electron chi connectivity index (χ0n) is 33.8. The van der Waals surface area contributed by atoms with Crippen molar-refractivity contribution in [1.82, 2.24) is 5.32 Å². The number of hydrogen-bond donors (Lipinski definition) is 3. The van der Waals surface area contributed by atoms with E-state index >= 15 is 0 Å². The average molecular weight is 720 g/mol. The number of aliphatic hydroxyl groups excluding tert-OH is 2. The van der Waals surface area contributed by atoms with E-state index in [2.05, 4.69) is 31.3 Å². The van der Waals surface area contributed by atoms with Gasteiger partial charge in [-0.1, -0.05) is 173 Å². The van der Waals surface area contributed by atoms with Gasteiger partial charge in [0.1, 0.15) is 0 Å². The standard InChI is InChI=1S/C45H85NO5/c1-3-5-7-9-11-13-14-15-19-23-27-31-35-39-45(50)51-40-36-32-28-24-20-17-16-18-22-26-30-34-38-44(49)46-42(41-47)43(48)37-33-29-25-21-12-10-8-6-4-2/h17,20,33,37,42-43,47-48H,3-16,18-19,21-32,34-36,38-41H2,1-2H3,(H,46,49)/b20-17-,37-33+. The molecule has 2 atom stereocenters. The second-order valence-electron chi connectivity index (χ2n) is 15.0. The fourth-order valence-electron chi connectivity index (χ4n) is 6.51. The van der Waals surface area contributed by atoms with Crippen molar-refractivity contribution in [2.24, 2.45) is 0 Å². The lowest BCUT2D eigenvalue weighted by Gasteiger charge is -2.20. The van der Waals surface area contributed by atoms with E-state index in [1.165, 1.54) is 116 Å². The summed E-state index contributed by atoms with van der Waals surface area (Å²) in [5, 5.41) is 22.8. The van der Waals surface area contributed by atoms with Crippen molar-refractivity contribution in [3.63, 3.8) is 0 Å². The molecule has 0 saturated heterocycles. The largest absolute Gasteiger partial charge is 0.466 e. The molecule has 51 heavy (non-hydrogen) atoms. The molecule has 0 aromatic carbocycles. The van der Waals surface area contributed by atoms with Crippen LogP contribution in [0.1, 0.15) is 226 Å². The van der Waals surface area contributed by atoms with Crippen LogP contribution in [0.2, 0.25) is 0 Å². The number of ether oxygens (including phenoxy) is 1. The fraction of sp³-hybridized carbons (Fsp3) is 0.867. The Morgan fingerprint density at radius 1 is 0.529 bits per heavy atom. The molecule has 300 valence electrons. The first-order valence-corrected chi connectivity index (χ1v) is 22.1. The van der Waals surface area contributed by atoms with Crippen molar-refractivity contribution in [3.8, 4) is 0 Å². The van der Waals surface area contributed by atoms with Crippen LogP contribution in [0.4, 0.5) is 0 Å². The average Bonchev–Trinajstić information content (AvgIpc) is 3.13. The number of aliphatic hydroxyl groups is 2. The molecule has 0 aliphatic heterocycles. The van der Waals surface area contributed by atoms with Gasteiger partial charge in [0, 0.05) is 12.8 Å². The predicted molar refractivity (Wildman–Crippen MR) is 218 cm³/mol. The van der Waals surface area contributed by atoms with Crippen molar-refractivity contribution in [2.75, 3.05) is 13.2 Å². The summed E-state index contributed by atoms with van der Waals surface area (Å²) in [6, 6.07) is -0.643. The Morgan fingerprint density at radius 2 is 0.922 bits per heavy atom. The van der Waals surface area contributed by atoms with E-state index in [1.807, 2.05) is 6.08 Å². The highest BCUT2D eigenvalue weighted by Gasteiger charge is 2.18. The van der Waals surface area contributed by atoms with Gasteiger partial charge in [0.2, 0.25) is 5.91 Å². The summed E-state index contributed by atoms with van der Waals surface area (Å²) in [6.45, 7) is 4.80. The minimum atomic E-state index is -0.857. The van der Waals surface area contributed by atoms with Gasteiger partial charge in [-0.25, -0.2) is 0 Å². The summed E-state index contributed by atoms with van der Waals surface area (Å²) in [5.74, 6) is -0.122. The van der Waals surface area contributed by atoms with Gasteiger partial charge in [-0.05, 0) is 64.2 Å². The van der Waals surface area contributed by atoms with Crippen LogP contribution in [-0.2, 0) is 14.3 Å². The summed E-state index contributed by atoms with van der Waals surface area (Å²) < 4.78 is 5.42. The van der Waals surface area contributed by atoms with Gasteiger partial charge in [0.25, 0.3) is 0 Å². The topological polar surface area (TPSA) is 95.9 Å². The zero-order valence-corrected chi connectivity index (χ0v) is 33.8. The van der Waals surface area contributed by atoms with Gasteiger partial charge in [0.05, 0.1) is 25.4 Å². The van der Waals surface area contributed by atoms with Crippen LogP contribution in [0, 0.1) is 0 Å². The van der Waals surface area contributed by atoms with Crippen LogP contribution in [0.5, 0.6) is 0 Å². The minimum Gasteiger partial charge on any atom is -0.466 e. The molecule has 6 heteroatoms. The monoisotopic (exact) mass is 720 g/mol. The number of amides is 1. The summed E-state index contributed by atoms with van der Waals surface area (Å²) in [4.78, 5) is 24.3. The second kappa shape index (κ2) is 41.1. The normalized spacial score (nSPS) is 12.9. The smallest absolute Gasteiger partial charge is 0.305 e. The second-order valence-corrected chi connectivity index (χ2v) is 15.0. The van der Waals surface area contributed by atoms with Crippen LogP contribution in [0.25, 0.3) is 0 Å². The lowest BCUT2D eigenvalue weighted by molar-refractivity contribution is -0.143. The van der Waals surface area contributed by atoms with Crippen molar-refractivity contribution < 1.29 is 24.5 Å². The van der Waals surface area contributed by atoms with Crippen LogP contribution in [0.15, 0.2) is 24.3 Å². The molecule has 0 spiro atoms. The molecule has 0 aliphatic carbocycles. The van der Waals surface area contributed by atoms with E-state index in [4.69, 9.17) is 4.74 Å². The highest BCUT2D eigenvalue weighted by Crippen LogP contribution is 2.14. The number of hydrogen-bond acceptors (Lipinski definition) is 5. The SMILES string of the molecule is CCCCCCCCC/C=C/C(O)C(CO)NC(=O)CCCCCCC/C=C\CCCCCOC(=O)CCCCCCCCCCCCCCC. The molecule has 3 N–H and O–H groups in total. The van der Waals surface area contributed by atoms with E-state index in [1.54, 1.807) is 6.08 Å². The molecule has 0 aromatic heterocycles. The third kappa shape index (κ3) is 37.9. The molecule has 0 bridgehead atoms. The van der Waals surface area contributed by atoms with E-state index in [0.717, 1.165) is 83.5 Å². The van der Waals surface area contributed by atoms with Gasteiger partial charge >= 0.3 is 5.97 Å². The third-order valence-electron chi connectivity index (χ3n) is 9.97. The summed E-state index contributed by atoms with van der Waals surface area (Å²) in [7, 11) is 0. The third-order valence-corrected chi connectivity index (χ3v) is 9.97. The molecule has 0 saturated carbocycles. The van der Waals surface area contributed by atoms with Crippen molar-refractivity contribution in [3.05, 3.63) is 24.3 Å². The number of nitrogens with one attached hydrogen (secondary N) is 1. The highest BCUT2D eigenvalue weighted by molar-refractivity contribution is 5.76. The fourth-order valence-corrected chi connectivity index (χ4v) is 6.51. The van der Waals surface area contributed by atoms with Crippen LogP contribution in [0.3, 0.4) is 0 Å². The summed E-state index contributed by atoms with van der Waals surface area (Å²) in [6.07, 6.45) is 45.9. The molecule has 0 rings (SSSR count). The molecule has 0 aromatic rings. The Balaban J connectivity index is 3.52. The number of carbonyl (C=O) groups excluding carboxylic acids is 2. The maximum atomic E-state index is 12.3. The van der Waals surface area contributed by atoms with Gasteiger partial charge in [0.15, 0.2) is 0 Å². The lowest BCUT2D eigenvalue weighted by atomic mass is 10.0. The maximum absolute atomic E-state index is 12.3. The van der Waals surface area contributed by atoms with E-state index in [-0.39, 0.29) is 18.5 Å². The Hall–Kier alpha value is -1.66. The molecule has 1 amide bonds. The van der Waals surface area contributed by atoms with Crippen molar-refractivity contribution >= 4 is 11.9 Å². The van der Waals surface area contributed by atoms with Gasteiger partial charge in [-0.2, -0.15) is 0 Å². The number of allylic oxidation sites excluding steroid dienone is 3. The first kappa shape index (κ1) is 49.3. The molecule has 2 unspecified atom stereocenters. The van der Waals surface area contributed by atoms with Crippen molar-refractivity contribution in [1.29, 1.82) is 0 Å². The minimum absolute atomic E-state index is 0.0242. The molecule has 0 radical (unpaired) electrons. The van der Waals surface area contributed by atoms with Gasteiger partial charge < -0.3 is 20.3 Å². The van der Waals surface area contributed by atoms with Gasteiger partial charge in [-0.3, -0.25) is 9.59 Å². The Morgan fingerprint density at radius 3 is 1.39 bits per heavy atom. The van der Waals surface area contributed by atoms with Gasteiger partial charge in [-0.15, -0.1) is 0 Å². The number of unbranched alkanes of at least 4 members (excludes halogenated alkanes) is 27. The first-order chi connectivity index (χ1) is 25.0. The summed E-state index contributed by atoms with van der Waals surface area (Å²) >= 11 is 0. The molecule has 6 nitrogen and oxygen atoms in total. The lowest BCUT2D eigenvalue weighted by Crippen LogP contribution is -2.45. The quantitative estimate of drug-likeness (QED) is 0.0333. The predicted octanol–water partition coefficient (Wildman–Crippen LogP) is 12.4. The Labute approximate surface area is 316 Å². The van der Waals surface area contributed by atoms with Crippen LogP contribution < -0.4 is 5.32 Å². The number of carbonyl (C=O) groups is 2. The molecule has 0 fully saturated rings. The summed E-state index contributed by atoms with van der Waals surface area (Å²) in [5.41, 5.74) is 0. The number of esters is 1. The molecular formula is C45H85NO5. The molecular weight excluding hydrogens is 634 g/mol. The van der Waals surface area contributed by atoms with E-state index in [9.17, 15) is 19.8 Å². The Kier molecular flexibility index (Phi) is 39.8. The molecule has 0 heterocycles. The maximum Gasteiger partial charge on any atom is 0.305 e. The Bertz CT molecular complexity index is 797. The van der Waals surface area contributed by atoms with Crippen LogP contribution >= 0.6 is 0 Å².